The standard InChI is InChI=1S/C16H11F3N4O4/c1-23-12-11(14(26)22-15(23)27)20-9(13(25)21-12)6-10(24)7-2-4-8(5-3-7)16(17,18)19/h2-6,24H,1H3,(H,21,25)(H,22,26,27). The number of alkyl halides is 3. The van der Waals surface area contributed by atoms with Crippen LogP contribution in [0.15, 0.2) is 38.6 Å². The van der Waals surface area contributed by atoms with Gasteiger partial charge in [0, 0.05) is 18.7 Å². The maximum absolute atomic E-state index is 12.6. The molecule has 0 aliphatic rings. The maximum atomic E-state index is 12.6. The average Bonchev–Trinajstić information content (AvgIpc) is 2.60. The molecule has 2 heterocycles. The Bertz CT molecular complexity index is 1230. The van der Waals surface area contributed by atoms with Gasteiger partial charge in [0.15, 0.2) is 5.52 Å². The predicted octanol–water partition coefficient (Wildman–Crippen LogP) is 1.38. The number of aromatic amines is 2. The molecular formula is C16H11F3N4O4. The minimum Gasteiger partial charge on any atom is -0.507 e. The molecule has 27 heavy (non-hydrogen) atoms. The number of aryl methyl sites for hydroxylation is 1. The van der Waals surface area contributed by atoms with Crippen LogP contribution in [0, 0.1) is 0 Å². The summed E-state index contributed by atoms with van der Waals surface area (Å²) >= 11 is 0. The molecule has 0 saturated carbocycles. The van der Waals surface area contributed by atoms with Gasteiger partial charge in [0.1, 0.15) is 17.1 Å². The van der Waals surface area contributed by atoms with E-state index in [-0.39, 0.29) is 22.4 Å². The van der Waals surface area contributed by atoms with E-state index in [2.05, 4.69) is 9.97 Å². The van der Waals surface area contributed by atoms with Crippen molar-refractivity contribution in [3.63, 3.8) is 0 Å². The van der Waals surface area contributed by atoms with Gasteiger partial charge in [-0.2, -0.15) is 13.2 Å². The summed E-state index contributed by atoms with van der Waals surface area (Å²) in [6, 6.07) is 3.61. The number of H-pyrrole nitrogens is 2. The normalized spacial score (nSPS) is 12.5. The predicted molar refractivity (Wildman–Crippen MR) is 90.2 cm³/mol. The van der Waals surface area contributed by atoms with Gasteiger partial charge in [-0.25, -0.2) is 9.78 Å². The van der Waals surface area contributed by atoms with Gasteiger partial charge in [-0.15, -0.1) is 0 Å². The Morgan fingerprint density at radius 1 is 1.11 bits per heavy atom. The summed E-state index contributed by atoms with van der Waals surface area (Å²) in [4.78, 5) is 43.7. The lowest BCUT2D eigenvalue weighted by molar-refractivity contribution is -0.137. The minimum atomic E-state index is -4.52. The summed E-state index contributed by atoms with van der Waals surface area (Å²) < 4.78 is 38.7. The maximum Gasteiger partial charge on any atom is 0.416 e. The second-order valence-corrected chi connectivity index (χ2v) is 5.57. The molecule has 8 nitrogen and oxygen atoms in total. The minimum absolute atomic E-state index is 0.0127. The van der Waals surface area contributed by atoms with E-state index >= 15 is 0 Å². The fourth-order valence-corrected chi connectivity index (χ4v) is 2.34. The molecule has 0 radical (unpaired) electrons. The first-order valence-electron chi connectivity index (χ1n) is 7.39. The van der Waals surface area contributed by atoms with Crippen LogP contribution in [0.4, 0.5) is 13.2 Å². The lowest BCUT2D eigenvalue weighted by Gasteiger charge is -2.07. The second kappa shape index (κ2) is 6.27. The zero-order valence-electron chi connectivity index (χ0n) is 13.6. The summed E-state index contributed by atoms with van der Waals surface area (Å²) in [6.07, 6.45) is -3.61. The molecule has 3 N–H and O–H groups in total. The number of fused-ring (bicyclic) bond motifs is 1. The quantitative estimate of drug-likeness (QED) is 0.580. The van der Waals surface area contributed by atoms with Gasteiger partial charge < -0.3 is 10.1 Å². The number of hydrogen-bond acceptors (Lipinski definition) is 5. The smallest absolute Gasteiger partial charge is 0.416 e. The van der Waals surface area contributed by atoms with Gasteiger partial charge in [-0.05, 0) is 12.1 Å². The molecule has 3 rings (SSSR count). The third-order valence-corrected chi connectivity index (χ3v) is 3.78. The van der Waals surface area contributed by atoms with Crippen LogP contribution in [0.3, 0.4) is 0 Å². The van der Waals surface area contributed by atoms with Gasteiger partial charge in [-0.3, -0.25) is 19.1 Å². The second-order valence-electron chi connectivity index (χ2n) is 5.57. The zero-order valence-corrected chi connectivity index (χ0v) is 13.6. The Balaban J connectivity index is 2.10. The van der Waals surface area contributed by atoms with Crippen LogP contribution in [-0.2, 0) is 13.2 Å². The SMILES string of the molecule is Cn1c(=O)[nH]c(=O)c2nc(C=C(O)c3ccc(C(F)(F)F)cc3)c(=O)[nH]c21. The fourth-order valence-electron chi connectivity index (χ4n) is 2.34. The summed E-state index contributed by atoms with van der Waals surface area (Å²) in [5.74, 6) is -0.526. The van der Waals surface area contributed by atoms with Crippen LogP contribution in [0.5, 0.6) is 0 Å². The largest absolute Gasteiger partial charge is 0.507 e. The Labute approximate surface area is 147 Å². The molecule has 2 aromatic heterocycles. The number of nitrogens with one attached hydrogen (secondary N) is 2. The van der Waals surface area contributed by atoms with E-state index in [9.17, 15) is 32.7 Å². The molecule has 140 valence electrons. The van der Waals surface area contributed by atoms with E-state index in [0.717, 1.165) is 34.9 Å². The highest BCUT2D eigenvalue weighted by Crippen LogP contribution is 2.29. The molecule has 3 aromatic rings. The number of halogens is 3. The third kappa shape index (κ3) is 3.38. The Hall–Kier alpha value is -3.63. The summed E-state index contributed by atoms with van der Waals surface area (Å²) in [6.45, 7) is 0. The highest BCUT2D eigenvalue weighted by molar-refractivity contribution is 5.77. The zero-order chi connectivity index (χ0) is 19.9. The molecule has 0 bridgehead atoms. The van der Waals surface area contributed by atoms with Crippen molar-refractivity contribution in [3.8, 4) is 0 Å². The van der Waals surface area contributed by atoms with Crippen molar-refractivity contribution in [2.45, 2.75) is 6.18 Å². The molecule has 0 fully saturated rings. The van der Waals surface area contributed by atoms with Gasteiger partial charge in [-0.1, -0.05) is 12.1 Å². The Kier molecular flexibility index (Phi) is 4.22. The van der Waals surface area contributed by atoms with Crippen molar-refractivity contribution in [2.24, 2.45) is 7.05 Å². The molecule has 0 atom stereocenters. The molecule has 0 aliphatic heterocycles. The number of aliphatic hydroxyl groups excluding tert-OH is 1. The first kappa shape index (κ1) is 18.2. The molecule has 0 unspecified atom stereocenters. The number of nitrogens with zero attached hydrogens (tertiary/aromatic N) is 2. The molecule has 0 amide bonds. The highest BCUT2D eigenvalue weighted by atomic mass is 19.4. The van der Waals surface area contributed by atoms with E-state index in [4.69, 9.17) is 0 Å². The van der Waals surface area contributed by atoms with E-state index in [0.29, 0.717) is 0 Å². The van der Waals surface area contributed by atoms with Crippen LogP contribution in [0.1, 0.15) is 16.8 Å². The van der Waals surface area contributed by atoms with E-state index in [1.54, 1.807) is 0 Å². The number of rotatable bonds is 2. The molecule has 11 heteroatoms. The lowest BCUT2D eigenvalue weighted by atomic mass is 10.1. The Morgan fingerprint density at radius 2 is 1.74 bits per heavy atom. The van der Waals surface area contributed by atoms with Gasteiger partial charge in [0.2, 0.25) is 0 Å². The molecule has 0 aliphatic carbocycles. The third-order valence-electron chi connectivity index (χ3n) is 3.78. The number of hydrogen-bond donors (Lipinski definition) is 3. The topological polar surface area (TPSA) is 121 Å². The van der Waals surface area contributed by atoms with E-state index in [1.165, 1.54) is 7.05 Å². The molecular weight excluding hydrogens is 369 g/mol. The fraction of sp³-hybridized carbons (Fsp3) is 0.125. The van der Waals surface area contributed by atoms with Gasteiger partial charge >= 0.3 is 11.9 Å². The van der Waals surface area contributed by atoms with Crippen LogP contribution in [0.2, 0.25) is 0 Å². The average molecular weight is 380 g/mol. The molecule has 1 aromatic carbocycles. The van der Waals surface area contributed by atoms with Crippen molar-refractivity contribution < 1.29 is 18.3 Å². The molecule has 0 spiro atoms. The van der Waals surface area contributed by atoms with E-state index < -0.39 is 34.3 Å². The van der Waals surface area contributed by atoms with Crippen molar-refractivity contribution in [1.29, 1.82) is 0 Å². The van der Waals surface area contributed by atoms with Gasteiger partial charge in [0.05, 0.1) is 5.56 Å². The van der Waals surface area contributed by atoms with Crippen molar-refractivity contribution >= 4 is 23.0 Å². The highest BCUT2D eigenvalue weighted by Gasteiger charge is 2.30. The number of benzene rings is 1. The van der Waals surface area contributed by atoms with Crippen LogP contribution in [0.25, 0.3) is 23.0 Å². The number of aliphatic hydroxyl groups is 1. The first-order chi connectivity index (χ1) is 12.6. The summed E-state index contributed by atoms with van der Waals surface area (Å²) in [5, 5.41) is 10.1. The van der Waals surface area contributed by atoms with E-state index in [1.807, 2.05) is 4.98 Å². The van der Waals surface area contributed by atoms with Crippen molar-refractivity contribution in [3.05, 3.63) is 72.3 Å². The Morgan fingerprint density at radius 3 is 2.33 bits per heavy atom. The van der Waals surface area contributed by atoms with Crippen molar-refractivity contribution in [2.75, 3.05) is 0 Å². The first-order valence-corrected chi connectivity index (χ1v) is 7.39. The van der Waals surface area contributed by atoms with Crippen molar-refractivity contribution in [1.82, 2.24) is 19.5 Å². The van der Waals surface area contributed by atoms with Crippen LogP contribution in [-0.4, -0.2) is 24.6 Å². The summed E-state index contributed by atoms with van der Waals surface area (Å²) in [7, 11) is 1.31. The lowest BCUT2D eigenvalue weighted by Crippen LogP contribution is -2.31. The monoisotopic (exact) mass is 380 g/mol. The number of aromatic nitrogens is 4. The molecule has 0 saturated heterocycles. The van der Waals surface area contributed by atoms with Crippen LogP contribution >= 0.6 is 0 Å². The summed E-state index contributed by atoms with van der Waals surface area (Å²) in [5.41, 5.74) is -3.99. The van der Waals surface area contributed by atoms with Gasteiger partial charge in [0.25, 0.3) is 11.1 Å². The van der Waals surface area contributed by atoms with Crippen LogP contribution < -0.4 is 16.8 Å².